The standard InChI is InChI=1S/C21H26N8O3S/c30-19(28-7-3-14(4-8-28)25-21(31)32)16-11-17(24-13-1-5-22-6-2-13)27-18(26-16)15-12-23-29-9-10-33-20(15)29/h9-14,22,25H,1-8H2,(H,31,32)(H,24,26,27). The molecule has 33 heavy (non-hydrogen) atoms. The maximum Gasteiger partial charge on any atom is 0.404 e. The number of likely N-dealkylation sites (tertiary alicyclic amines) is 1. The Kier molecular flexibility index (Phi) is 6.09. The number of aromatic nitrogens is 4. The molecule has 3 aromatic rings. The highest BCUT2D eigenvalue weighted by atomic mass is 32.1. The van der Waals surface area contributed by atoms with Gasteiger partial charge in [-0.25, -0.2) is 19.3 Å². The Morgan fingerprint density at radius 1 is 1.12 bits per heavy atom. The first-order valence-electron chi connectivity index (χ1n) is 11.1. The van der Waals surface area contributed by atoms with Gasteiger partial charge in [-0.2, -0.15) is 5.10 Å². The largest absolute Gasteiger partial charge is 0.465 e. The number of carboxylic acid groups (broad SMARTS) is 1. The Morgan fingerprint density at radius 2 is 1.91 bits per heavy atom. The summed E-state index contributed by atoms with van der Waals surface area (Å²) in [7, 11) is 0. The average molecular weight is 471 g/mol. The fraction of sp³-hybridized carbons (Fsp3) is 0.476. The number of rotatable bonds is 5. The molecule has 0 aliphatic carbocycles. The van der Waals surface area contributed by atoms with Crippen molar-refractivity contribution in [2.45, 2.75) is 37.8 Å². The zero-order chi connectivity index (χ0) is 22.8. The van der Waals surface area contributed by atoms with Crippen molar-refractivity contribution in [3.63, 3.8) is 0 Å². The fourth-order valence-electron chi connectivity index (χ4n) is 4.37. The van der Waals surface area contributed by atoms with E-state index in [2.05, 4.69) is 26.0 Å². The quantitative estimate of drug-likeness (QED) is 0.444. The third kappa shape index (κ3) is 4.76. The number of fused-ring (bicyclic) bond motifs is 1. The van der Waals surface area contributed by atoms with Gasteiger partial charge in [0, 0.05) is 42.8 Å². The first-order valence-corrected chi connectivity index (χ1v) is 12.0. The van der Waals surface area contributed by atoms with E-state index < -0.39 is 6.09 Å². The van der Waals surface area contributed by atoms with Crippen LogP contribution in [0.5, 0.6) is 0 Å². The van der Waals surface area contributed by atoms with Crippen LogP contribution in [0.4, 0.5) is 10.6 Å². The molecule has 2 saturated heterocycles. The van der Waals surface area contributed by atoms with E-state index in [1.54, 1.807) is 33.0 Å². The predicted octanol–water partition coefficient (Wildman–Crippen LogP) is 1.89. The number of nitrogens with one attached hydrogen (secondary N) is 3. The number of thiazole rings is 1. The molecule has 5 heterocycles. The van der Waals surface area contributed by atoms with Crippen LogP contribution in [0.1, 0.15) is 36.2 Å². The van der Waals surface area contributed by atoms with Crippen LogP contribution in [-0.4, -0.2) is 79.9 Å². The summed E-state index contributed by atoms with van der Waals surface area (Å²) in [5, 5.41) is 24.6. The third-order valence-corrected chi connectivity index (χ3v) is 7.01. The number of anilines is 1. The molecule has 2 fully saturated rings. The molecule has 0 saturated carbocycles. The molecule has 2 aliphatic rings. The van der Waals surface area contributed by atoms with E-state index in [4.69, 9.17) is 10.1 Å². The monoisotopic (exact) mass is 470 g/mol. The molecule has 2 amide bonds. The van der Waals surface area contributed by atoms with Crippen LogP contribution in [0, 0.1) is 0 Å². The minimum absolute atomic E-state index is 0.135. The summed E-state index contributed by atoms with van der Waals surface area (Å²) < 4.78 is 1.78. The van der Waals surface area contributed by atoms with E-state index in [0.717, 1.165) is 36.3 Å². The topological polar surface area (TPSA) is 137 Å². The molecule has 4 N–H and O–H groups in total. The van der Waals surface area contributed by atoms with Crippen LogP contribution < -0.4 is 16.0 Å². The average Bonchev–Trinajstić information content (AvgIpc) is 3.43. The van der Waals surface area contributed by atoms with E-state index in [0.29, 0.717) is 43.3 Å². The molecule has 0 radical (unpaired) electrons. The van der Waals surface area contributed by atoms with Crippen LogP contribution in [0.3, 0.4) is 0 Å². The molecule has 0 aromatic carbocycles. The molecule has 0 bridgehead atoms. The van der Waals surface area contributed by atoms with Gasteiger partial charge in [0.25, 0.3) is 5.91 Å². The lowest BCUT2D eigenvalue weighted by molar-refractivity contribution is 0.0700. The normalized spacial score (nSPS) is 17.9. The SMILES string of the molecule is O=C(O)NC1CCN(C(=O)c2cc(NC3CCNCC3)nc(-c3cnn4ccsc34)n2)CC1. The van der Waals surface area contributed by atoms with Crippen molar-refractivity contribution in [1.29, 1.82) is 0 Å². The summed E-state index contributed by atoms with van der Waals surface area (Å²) in [4.78, 5) is 36.3. The molecular weight excluding hydrogens is 444 g/mol. The van der Waals surface area contributed by atoms with Crippen LogP contribution in [-0.2, 0) is 0 Å². The van der Waals surface area contributed by atoms with Crippen LogP contribution >= 0.6 is 11.3 Å². The van der Waals surface area contributed by atoms with Gasteiger partial charge in [0.2, 0.25) is 0 Å². The zero-order valence-electron chi connectivity index (χ0n) is 18.0. The van der Waals surface area contributed by atoms with E-state index in [1.807, 2.05) is 11.6 Å². The lowest BCUT2D eigenvalue weighted by atomic mass is 10.0. The van der Waals surface area contributed by atoms with E-state index >= 15 is 0 Å². The van der Waals surface area contributed by atoms with Crippen molar-refractivity contribution in [3.8, 4) is 11.4 Å². The summed E-state index contributed by atoms with van der Waals surface area (Å²) in [5.74, 6) is 0.932. The molecule has 2 aliphatic heterocycles. The minimum atomic E-state index is -1.03. The summed E-state index contributed by atoms with van der Waals surface area (Å²) in [6.45, 7) is 2.84. The van der Waals surface area contributed by atoms with E-state index in [1.165, 1.54) is 0 Å². The summed E-state index contributed by atoms with van der Waals surface area (Å²) >= 11 is 1.55. The maximum absolute atomic E-state index is 13.4. The Balaban J connectivity index is 1.42. The predicted molar refractivity (Wildman–Crippen MR) is 124 cm³/mol. The van der Waals surface area contributed by atoms with Gasteiger partial charge in [-0.3, -0.25) is 4.79 Å². The van der Waals surface area contributed by atoms with Crippen LogP contribution in [0.15, 0.2) is 23.8 Å². The van der Waals surface area contributed by atoms with Crippen molar-refractivity contribution in [2.75, 3.05) is 31.5 Å². The van der Waals surface area contributed by atoms with Gasteiger partial charge in [-0.15, -0.1) is 11.3 Å². The molecule has 3 aromatic heterocycles. The summed E-state index contributed by atoms with van der Waals surface area (Å²) in [5.41, 5.74) is 1.12. The second kappa shape index (κ2) is 9.32. The van der Waals surface area contributed by atoms with Crippen molar-refractivity contribution in [3.05, 3.63) is 29.5 Å². The van der Waals surface area contributed by atoms with Crippen LogP contribution in [0.2, 0.25) is 0 Å². The molecule has 11 nitrogen and oxygen atoms in total. The number of nitrogens with zero attached hydrogens (tertiary/aromatic N) is 5. The molecule has 5 rings (SSSR count). The van der Waals surface area contributed by atoms with Gasteiger partial charge >= 0.3 is 6.09 Å². The first-order chi connectivity index (χ1) is 16.1. The van der Waals surface area contributed by atoms with Gasteiger partial charge in [-0.1, -0.05) is 0 Å². The number of amides is 2. The van der Waals surface area contributed by atoms with E-state index in [-0.39, 0.29) is 18.0 Å². The van der Waals surface area contributed by atoms with E-state index in [9.17, 15) is 9.59 Å². The summed E-state index contributed by atoms with van der Waals surface area (Å²) in [6, 6.07) is 1.87. The molecule has 174 valence electrons. The fourth-order valence-corrected chi connectivity index (χ4v) is 5.16. The number of carbonyl (C=O) groups excluding carboxylic acids is 1. The highest BCUT2D eigenvalue weighted by molar-refractivity contribution is 7.16. The molecule has 0 spiro atoms. The number of carbonyl (C=O) groups is 2. The zero-order valence-corrected chi connectivity index (χ0v) is 18.8. The van der Waals surface area contributed by atoms with Gasteiger partial charge in [-0.05, 0) is 38.8 Å². The lowest BCUT2D eigenvalue weighted by Crippen LogP contribution is -2.46. The van der Waals surface area contributed by atoms with Gasteiger partial charge in [0.1, 0.15) is 16.3 Å². The van der Waals surface area contributed by atoms with Crippen molar-refractivity contribution < 1.29 is 14.7 Å². The first kappa shape index (κ1) is 21.6. The Bertz CT molecular complexity index is 1150. The van der Waals surface area contributed by atoms with Crippen LogP contribution in [0.25, 0.3) is 16.2 Å². The Labute approximate surface area is 194 Å². The van der Waals surface area contributed by atoms with Gasteiger partial charge in [0.05, 0.1) is 11.8 Å². The van der Waals surface area contributed by atoms with Crippen molar-refractivity contribution in [2.24, 2.45) is 0 Å². The number of hydrogen-bond acceptors (Lipinski definition) is 8. The lowest BCUT2D eigenvalue weighted by Gasteiger charge is -2.31. The molecule has 12 heteroatoms. The van der Waals surface area contributed by atoms with Gasteiger partial charge < -0.3 is 26.0 Å². The molecule has 0 atom stereocenters. The Hall–Kier alpha value is -3.25. The highest BCUT2D eigenvalue weighted by Crippen LogP contribution is 2.27. The third-order valence-electron chi connectivity index (χ3n) is 6.12. The van der Waals surface area contributed by atoms with Crippen molar-refractivity contribution in [1.82, 2.24) is 35.1 Å². The molecular formula is C21H26N8O3S. The highest BCUT2D eigenvalue weighted by Gasteiger charge is 2.27. The molecule has 0 unspecified atom stereocenters. The van der Waals surface area contributed by atoms with Gasteiger partial charge in [0.15, 0.2) is 5.82 Å². The number of hydrogen-bond donors (Lipinski definition) is 4. The second-order valence-corrected chi connectivity index (χ2v) is 9.25. The minimum Gasteiger partial charge on any atom is -0.465 e. The van der Waals surface area contributed by atoms with Crippen molar-refractivity contribution >= 4 is 34.0 Å². The summed E-state index contributed by atoms with van der Waals surface area (Å²) in [6.07, 6.45) is 5.69. The Morgan fingerprint density at radius 3 is 2.67 bits per heavy atom. The smallest absolute Gasteiger partial charge is 0.404 e. The number of piperidine rings is 2. The maximum atomic E-state index is 13.4. The second-order valence-electron chi connectivity index (χ2n) is 8.36.